The van der Waals surface area contributed by atoms with Crippen molar-refractivity contribution in [2.75, 3.05) is 27.2 Å². The normalized spacial score (nSPS) is 12.2. The number of nitrogens with zero attached hydrogens (tertiary/aromatic N) is 4. The molecule has 1 unspecified atom stereocenters. The van der Waals surface area contributed by atoms with Crippen LogP contribution >= 0.6 is 0 Å². The summed E-state index contributed by atoms with van der Waals surface area (Å²) in [4.78, 5) is 36.5. The molecule has 3 aromatic rings. The van der Waals surface area contributed by atoms with Crippen molar-refractivity contribution in [1.82, 2.24) is 19.4 Å². The summed E-state index contributed by atoms with van der Waals surface area (Å²) in [7, 11) is 4.04. The van der Waals surface area contributed by atoms with Crippen molar-refractivity contribution in [3.63, 3.8) is 0 Å². The molecular weight excluding hydrogens is 460 g/mol. The van der Waals surface area contributed by atoms with E-state index in [0.29, 0.717) is 36.1 Å². The van der Waals surface area contributed by atoms with Gasteiger partial charge in [-0.25, -0.2) is 4.98 Å². The molecule has 1 heterocycles. The molecule has 0 aliphatic heterocycles. The molecule has 0 saturated carbocycles. The fourth-order valence-corrected chi connectivity index (χ4v) is 4.88. The van der Waals surface area contributed by atoms with Crippen LogP contribution in [0.4, 0.5) is 0 Å². The molecule has 200 valence electrons. The molecule has 6 heteroatoms. The molecule has 0 aliphatic carbocycles. The van der Waals surface area contributed by atoms with E-state index in [9.17, 15) is 9.59 Å². The molecule has 1 atom stereocenters. The Balaban J connectivity index is 1.95. The second-order valence-corrected chi connectivity index (χ2v) is 10.1. The van der Waals surface area contributed by atoms with Gasteiger partial charge in [-0.2, -0.15) is 0 Å². The Kier molecular flexibility index (Phi) is 11.3. The fraction of sp³-hybridized carbons (Fsp3) is 0.516. The number of carbonyl (C=O) groups excluding carboxylic acids is 1. The first kappa shape index (κ1) is 28.6. The average molecular weight is 505 g/mol. The van der Waals surface area contributed by atoms with Crippen LogP contribution in [0, 0.1) is 0 Å². The van der Waals surface area contributed by atoms with Gasteiger partial charge in [0, 0.05) is 19.5 Å². The number of hydrogen-bond donors (Lipinski definition) is 0. The van der Waals surface area contributed by atoms with Crippen LogP contribution in [0.25, 0.3) is 16.6 Å². The van der Waals surface area contributed by atoms with Crippen LogP contribution in [0.2, 0.25) is 0 Å². The lowest BCUT2D eigenvalue weighted by Crippen LogP contribution is -2.41. The number of unbranched alkanes of at least 4 members (excludes halogenated alkanes) is 6. The van der Waals surface area contributed by atoms with Crippen LogP contribution < -0.4 is 5.56 Å². The van der Waals surface area contributed by atoms with Gasteiger partial charge in [0.2, 0.25) is 5.91 Å². The van der Waals surface area contributed by atoms with E-state index in [-0.39, 0.29) is 17.5 Å². The predicted molar refractivity (Wildman–Crippen MR) is 153 cm³/mol. The molecule has 0 spiro atoms. The van der Waals surface area contributed by atoms with Crippen LogP contribution in [-0.4, -0.2) is 52.4 Å². The minimum absolute atomic E-state index is 0.0997. The lowest BCUT2D eigenvalue weighted by atomic mass is 10.1. The van der Waals surface area contributed by atoms with E-state index in [2.05, 4.69) is 18.7 Å². The van der Waals surface area contributed by atoms with Gasteiger partial charge < -0.3 is 9.80 Å². The van der Waals surface area contributed by atoms with Gasteiger partial charge in [-0.1, -0.05) is 82.7 Å². The van der Waals surface area contributed by atoms with Crippen molar-refractivity contribution >= 4 is 16.8 Å². The van der Waals surface area contributed by atoms with E-state index >= 15 is 0 Å². The summed E-state index contributed by atoms with van der Waals surface area (Å²) in [6.45, 7) is 5.65. The van der Waals surface area contributed by atoms with Crippen molar-refractivity contribution in [1.29, 1.82) is 0 Å². The second kappa shape index (κ2) is 14.7. The predicted octanol–water partition coefficient (Wildman–Crippen LogP) is 6.37. The molecular formula is C31H44N4O2. The first-order valence-electron chi connectivity index (χ1n) is 14.0. The van der Waals surface area contributed by atoms with Crippen molar-refractivity contribution in [3.8, 4) is 5.69 Å². The molecule has 6 nitrogen and oxygen atoms in total. The summed E-state index contributed by atoms with van der Waals surface area (Å²) in [5.74, 6) is 0.772. The van der Waals surface area contributed by atoms with Crippen LogP contribution in [0.3, 0.4) is 0 Å². The first-order chi connectivity index (χ1) is 18.0. The van der Waals surface area contributed by atoms with Gasteiger partial charge in [-0.3, -0.25) is 14.2 Å². The Morgan fingerprint density at radius 1 is 0.865 bits per heavy atom. The third-order valence-corrected chi connectivity index (χ3v) is 6.98. The zero-order valence-electron chi connectivity index (χ0n) is 23.2. The number of fused-ring (bicyclic) bond motifs is 1. The number of rotatable bonds is 15. The Labute approximate surface area is 222 Å². The Morgan fingerprint density at radius 2 is 1.51 bits per heavy atom. The van der Waals surface area contributed by atoms with Crippen molar-refractivity contribution < 1.29 is 4.79 Å². The van der Waals surface area contributed by atoms with Gasteiger partial charge >= 0.3 is 0 Å². The molecule has 0 fully saturated rings. The lowest BCUT2D eigenvalue weighted by Gasteiger charge is -2.33. The first-order valence-corrected chi connectivity index (χ1v) is 14.0. The van der Waals surface area contributed by atoms with Crippen LogP contribution in [0.15, 0.2) is 59.4 Å². The van der Waals surface area contributed by atoms with Crippen LogP contribution in [-0.2, 0) is 4.79 Å². The zero-order chi connectivity index (χ0) is 26.6. The van der Waals surface area contributed by atoms with Gasteiger partial charge in [-0.15, -0.1) is 0 Å². The van der Waals surface area contributed by atoms with E-state index in [1.807, 2.05) is 73.6 Å². The molecule has 3 rings (SSSR count). The summed E-state index contributed by atoms with van der Waals surface area (Å²) in [6.07, 6.45) is 9.42. The van der Waals surface area contributed by atoms with Gasteiger partial charge in [0.05, 0.1) is 22.6 Å². The maximum Gasteiger partial charge on any atom is 0.266 e. The maximum atomic E-state index is 13.8. The summed E-state index contributed by atoms with van der Waals surface area (Å²) in [6, 6.07) is 16.8. The summed E-state index contributed by atoms with van der Waals surface area (Å²) in [5.41, 5.74) is 1.34. The van der Waals surface area contributed by atoms with Crippen molar-refractivity contribution in [3.05, 3.63) is 70.8 Å². The monoisotopic (exact) mass is 504 g/mol. The van der Waals surface area contributed by atoms with E-state index < -0.39 is 0 Å². The van der Waals surface area contributed by atoms with E-state index in [1.54, 1.807) is 4.57 Å². The number of aromatic nitrogens is 2. The largest absolute Gasteiger partial charge is 0.331 e. The van der Waals surface area contributed by atoms with Crippen LogP contribution in [0.5, 0.6) is 0 Å². The number of amides is 1. The van der Waals surface area contributed by atoms with Gasteiger partial charge in [0.25, 0.3) is 5.56 Å². The summed E-state index contributed by atoms with van der Waals surface area (Å²) < 4.78 is 1.71. The number of carbonyl (C=O) groups is 1. The highest BCUT2D eigenvalue weighted by Gasteiger charge is 2.28. The average Bonchev–Trinajstić information content (AvgIpc) is 2.90. The zero-order valence-corrected chi connectivity index (χ0v) is 23.2. The van der Waals surface area contributed by atoms with Gasteiger partial charge in [0.1, 0.15) is 5.82 Å². The van der Waals surface area contributed by atoms with E-state index in [0.717, 1.165) is 25.1 Å². The standard InChI is InChI=1S/C31H44N4O2/c1-5-7-8-9-10-11-15-22-29(36)34(24-23-33(3)4)28(6-2)30-32-27-21-17-16-20-26(27)31(37)35(30)25-18-13-12-14-19-25/h12-14,16-21,28H,5-11,15,22-24H2,1-4H3. The Bertz CT molecular complexity index is 1170. The molecule has 0 radical (unpaired) electrons. The van der Waals surface area contributed by atoms with Crippen LogP contribution in [0.1, 0.15) is 83.5 Å². The third kappa shape index (κ3) is 7.75. The second-order valence-electron chi connectivity index (χ2n) is 10.1. The van der Waals surface area contributed by atoms with Crippen molar-refractivity contribution in [2.45, 2.75) is 77.7 Å². The van der Waals surface area contributed by atoms with E-state index in [4.69, 9.17) is 4.98 Å². The number of para-hydroxylation sites is 2. The highest BCUT2D eigenvalue weighted by Crippen LogP contribution is 2.27. The van der Waals surface area contributed by atoms with Crippen molar-refractivity contribution in [2.24, 2.45) is 0 Å². The fourth-order valence-electron chi connectivity index (χ4n) is 4.88. The summed E-state index contributed by atoms with van der Waals surface area (Å²) >= 11 is 0. The third-order valence-electron chi connectivity index (χ3n) is 6.98. The topological polar surface area (TPSA) is 58.4 Å². The van der Waals surface area contributed by atoms with Gasteiger partial charge in [-0.05, 0) is 51.2 Å². The maximum absolute atomic E-state index is 13.8. The SMILES string of the molecule is CCCCCCCCCC(=O)N(CCN(C)C)C(CC)c1nc2ccccc2c(=O)n1-c1ccccc1. The number of hydrogen-bond acceptors (Lipinski definition) is 4. The van der Waals surface area contributed by atoms with Gasteiger partial charge in [0.15, 0.2) is 0 Å². The minimum atomic E-state index is -0.297. The lowest BCUT2D eigenvalue weighted by molar-refractivity contribution is -0.134. The summed E-state index contributed by atoms with van der Waals surface area (Å²) in [5, 5.41) is 0.583. The molecule has 0 aliphatic rings. The molecule has 0 saturated heterocycles. The highest BCUT2D eigenvalue weighted by atomic mass is 16.2. The van der Waals surface area contributed by atoms with E-state index in [1.165, 1.54) is 32.1 Å². The Morgan fingerprint density at radius 3 is 2.19 bits per heavy atom. The molecule has 0 bridgehead atoms. The minimum Gasteiger partial charge on any atom is -0.331 e. The Hall–Kier alpha value is -2.99. The molecule has 0 N–H and O–H groups in total. The molecule has 1 amide bonds. The number of benzene rings is 2. The smallest absolute Gasteiger partial charge is 0.266 e. The molecule has 1 aromatic heterocycles. The highest BCUT2D eigenvalue weighted by molar-refractivity contribution is 5.79. The number of likely N-dealkylation sites (N-methyl/N-ethyl adjacent to an activating group) is 1. The molecule has 2 aromatic carbocycles. The quantitative estimate of drug-likeness (QED) is 0.226. The molecule has 37 heavy (non-hydrogen) atoms.